The van der Waals surface area contributed by atoms with Crippen molar-refractivity contribution in [1.29, 1.82) is 0 Å². The maximum Gasteiger partial charge on any atom is 0.159 e. The predicted octanol–water partition coefficient (Wildman–Crippen LogP) is 3.35. The van der Waals surface area contributed by atoms with Gasteiger partial charge in [-0.15, -0.1) is 0 Å². The molecule has 2 unspecified atom stereocenters. The Morgan fingerprint density at radius 1 is 1.33 bits per heavy atom. The number of rotatable bonds is 3. The molecule has 2 aliphatic rings. The lowest BCUT2D eigenvalue weighted by Crippen LogP contribution is -2.38. The van der Waals surface area contributed by atoms with Gasteiger partial charge in [0.1, 0.15) is 11.6 Å². The lowest BCUT2D eigenvalue weighted by atomic mass is 9.93. The second kappa shape index (κ2) is 5.44. The first-order valence-corrected chi connectivity index (χ1v) is 8.99. The van der Waals surface area contributed by atoms with Crippen molar-refractivity contribution in [3.8, 4) is 5.75 Å². The average molecular weight is 310 g/mol. The van der Waals surface area contributed by atoms with Crippen LogP contribution in [0.5, 0.6) is 5.75 Å². The molecule has 0 radical (unpaired) electrons. The van der Waals surface area contributed by atoms with Crippen LogP contribution in [0, 0.1) is 5.82 Å². The first kappa shape index (κ1) is 14.6. The zero-order valence-electron chi connectivity index (χ0n) is 12.0. The molecule has 3 rings (SSSR count). The van der Waals surface area contributed by atoms with E-state index in [4.69, 9.17) is 4.74 Å². The third kappa shape index (κ3) is 2.59. The molecular formula is C16H19FO3S. The smallest absolute Gasteiger partial charge is 0.159 e. The summed E-state index contributed by atoms with van der Waals surface area (Å²) in [5, 5.41) is -0.744. The number of halogens is 1. The fourth-order valence-electron chi connectivity index (χ4n) is 3.29. The summed E-state index contributed by atoms with van der Waals surface area (Å²) >= 11 is 0. The van der Waals surface area contributed by atoms with E-state index in [0.717, 1.165) is 12.0 Å². The Labute approximate surface area is 124 Å². The molecule has 0 spiro atoms. The van der Waals surface area contributed by atoms with Crippen LogP contribution in [0.1, 0.15) is 38.2 Å². The Kier molecular flexibility index (Phi) is 3.78. The van der Waals surface area contributed by atoms with Crippen molar-refractivity contribution >= 4 is 15.4 Å². The minimum Gasteiger partial charge on any atom is -0.493 e. The van der Waals surface area contributed by atoms with Gasteiger partial charge in [0.2, 0.25) is 0 Å². The molecule has 3 nitrogen and oxygen atoms in total. The van der Waals surface area contributed by atoms with Crippen LogP contribution in [0.2, 0.25) is 0 Å². The zero-order chi connectivity index (χ0) is 15.0. The summed E-state index contributed by atoms with van der Waals surface area (Å²) in [6, 6.07) is 4.44. The SMILES string of the molecule is CCOc1ccc(F)cc1C1=CC2CCCC(C1)S2(=O)=O. The van der Waals surface area contributed by atoms with Gasteiger partial charge < -0.3 is 4.74 Å². The molecule has 114 valence electrons. The molecule has 1 fully saturated rings. The number of benzene rings is 1. The van der Waals surface area contributed by atoms with E-state index < -0.39 is 15.1 Å². The van der Waals surface area contributed by atoms with Crippen molar-refractivity contribution in [2.24, 2.45) is 0 Å². The van der Waals surface area contributed by atoms with E-state index in [9.17, 15) is 12.8 Å². The minimum atomic E-state index is -3.05. The van der Waals surface area contributed by atoms with Gasteiger partial charge in [0.05, 0.1) is 17.1 Å². The Balaban J connectivity index is 2.05. The highest BCUT2D eigenvalue weighted by Gasteiger charge is 2.40. The van der Waals surface area contributed by atoms with Gasteiger partial charge >= 0.3 is 0 Å². The molecule has 2 heterocycles. The fourth-order valence-corrected chi connectivity index (χ4v) is 5.54. The molecular weight excluding hydrogens is 291 g/mol. The maximum absolute atomic E-state index is 13.6. The second-order valence-electron chi connectivity index (χ2n) is 5.65. The quantitative estimate of drug-likeness (QED) is 0.860. The summed E-state index contributed by atoms with van der Waals surface area (Å²) in [6.07, 6.45) is 4.58. The van der Waals surface area contributed by atoms with Gasteiger partial charge in [-0.05, 0) is 50.0 Å². The fraction of sp³-hybridized carbons (Fsp3) is 0.500. The highest BCUT2D eigenvalue weighted by atomic mass is 32.2. The average Bonchev–Trinajstić information content (AvgIpc) is 2.40. The molecule has 1 aromatic rings. The van der Waals surface area contributed by atoms with E-state index in [-0.39, 0.29) is 11.1 Å². The summed E-state index contributed by atoms with van der Waals surface area (Å²) in [5.41, 5.74) is 1.60. The molecule has 21 heavy (non-hydrogen) atoms. The molecule has 0 saturated carbocycles. The van der Waals surface area contributed by atoms with Gasteiger partial charge in [-0.25, -0.2) is 12.8 Å². The third-order valence-electron chi connectivity index (χ3n) is 4.32. The largest absolute Gasteiger partial charge is 0.493 e. The van der Waals surface area contributed by atoms with Crippen LogP contribution < -0.4 is 4.74 Å². The van der Waals surface area contributed by atoms with Gasteiger partial charge in [0.15, 0.2) is 9.84 Å². The Bertz CT molecular complexity index is 679. The molecule has 0 aliphatic carbocycles. The highest BCUT2D eigenvalue weighted by molar-refractivity contribution is 7.93. The van der Waals surface area contributed by atoms with E-state index in [0.29, 0.717) is 37.2 Å². The monoisotopic (exact) mass is 310 g/mol. The molecule has 1 saturated heterocycles. The van der Waals surface area contributed by atoms with Gasteiger partial charge in [0.25, 0.3) is 0 Å². The number of sulfone groups is 1. The number of allylic oxidation sites excluding steroid dienone is 1. The third-order valence-corrected chi connectivity index (χ3v) is 6.87. The molecule has 2 bridgehead atoms. The van der Waals surface area contributed by atoms with Gasteiger partial charge in [-0.2, -0.15) is 0 Å². The molecule has 1 aromatic carbocycles. The summed E-state index contributed by atoms with van der Waals surface area (Å²) in [4.78, 5) is 0. The van der Waals surface area contributed by atoms with Crippen molar-refractivity contribution in [3.05, 3.63) is 35.7 Å². The first-order chi connectivity index (χ1) is 10.0. The predicted molar refractivity (Wildman–Crippen MR) is 80.5 cm³/mol. The topological polar surface area (TPSA) is 43.4 Å². The standard InChI is InChI=1S/C16H19FO3S/c1-2-20-16-7-6-12(17)10-15(16)11-8-13-4-3-5-14(9-11)21(13,18)19/h6-8,10,13-14H,2-5,9H2,1H3. The van der Waals surface area contributed by atoms with Crippen molar-refractivity contribution < 1.29 is 17.5 Å². The minimum absolute atomic E-state index is 0.325. The lowest BCUT2D eigenvalue weighted by molar-refractivity contribution is 0.338. The van der Waals surface area contributed by atoms with E-state index in [1.165, 1.54) is 12.1 Å². The van der Waals surface area contributed by atoms with E-state index in [1.807, 2.05) is 13.0 Å². The first-order valence-electron chi connectivity index (χ1n) is 7.38. The number of hydrogen-bond donors (Lipinski definition) is 0. The molecule has 5 heteroatoms. The van der Waals surface area contributed by atoms with E-state index in [2.05, 4.69) is 0 Å². The zero-order valence-corrected chi connectivity index (χ0v) is 12.8. The summed E-state index contributed by atoms with van der Waals surface area (Å²) < 4.78 is 43.7. The number of fused-ring (bicyclic) bond motifs is 2. The maximum atomic E-state index is 13.6. The Hall–Kier alpha value is -1.36. The van der Waals surface area contributed by atoms with Crippen LogP contribution >= 0.6 is 0 Å². The molecule has 2 aliphatic heterocycles. The highest BCUT2D eigenvalue weighted by Crippen LogP contribution is 2.41. The van der Waals surface area contributed by atoms with E-state index in [1.54, 1.807) is 6.07 Å². The van der Waals surface area contributed by atoms with Crippen LogP contribution in [-0.4, -0.2) is 25.5 Å². The number of ether oxygens (including phenoxy) is 1. The van der Waals surface area contributed by atoms with Gasteiger partial charge in [-0.1, -0.05) is 12.5 Å². The summed E-state index contributed by atoms with van der Waals surface area (Å²) in [5.74, 6) is 0.301. The lowest BCUT2D eigenvalue weighted by Gasteiger charge is -2.33. The Morgan fingerprint density at radius 2 is 2.14 bits per heavy atom. The van der Waals surface area contributed by atoms with Gasteiger partial charge in [-0.3, -0.25) is 0 Å². The van der Waals surface area contributed by atoms with Crippen LogP contribution in [0.25, 0.3) is 5.57 Å². The van der Waals surface area contributed by atoms with Crippen LogP contribution in [0.4, 0.5) is 4.39 Å². The molecule has 0 aromatic heterocycles. The summed E-state index contributed by atoms with van der Waals surface area (Å²) in [6.45, 7) is 2.37. The van der Waals surface area contributed by atoms with Crippen molar-refractivity contribution in [2.45, 2.75) is 43.1 Å². The normalized spacial score (nSPS) is 27.0. The van der Waals surface area contributed by atoms with Crippen LogP contribution in [-0.2, 0) is 9.84 Å². The van der Waals surface area contributed by atoms with Crippen LogP contribution in [0.3, 0.4) is 0 Å². The Morgan fingerprint density at radius 3 is 2.86 bits per heavy atom. The molecule has 0 N–H and O–H groups in total. The van der Waals surface area contributed by atoms with Crippen molar-refractivity contribution in [1.82, 2.24) is 0 Å². The van der Waals surface area contributed by atoms with Gasteiger partial charge in [0, 0.05) is 5.56 Å². The second-order valence-corrected chi connectivity index (χ2v) is 8.10. The number of hydrogen-bond acceptors (Lipinski definition) is 3. The summed E-state index contributed by atoms with van der Waals surface area (Å²) in [7, 11) is -3.05. The molecule has 0 amide bonds. The van der Waals surface area contributed by atoms with Crippen LogP contribution in [0.15, 0.2) is 24.3 Å². The van der Waals surface area contributed by atoms with E-state index >= 15 is 0 Å². The van der Waals surface area contributed by atoms with Crippen molar-refractivity contribution in [3.63, 3.8) is 0 Å². The molecule has 2 atom stereocenters. The van der Waals surface area contributed by atoms with Crippen molar-refractivity contribution in [2.75, 3.05) is 6.61 Å².